The van der Waals surface area contributed by atoms with Crippen molar-refractivity contribution >= 4 is 17.6 Å². The molecule has 0 fully saturated rings. The van der Waals surface area contributed by atoms with E-state index in [-0.39, 0.29) is 17.9 Å². The number of methoxy groups -OCH3 is 1. The molecule has 1 aromatic heterocycles. The highest BCUT2D eigenvalue weighted by molar-refractivity contribution is 5.75. The van der Waals surface area contributed by atoms with Crippen LogP contribution in [-0.2, 0) is 19.1 Å². The minimum absolute atomic E-state index is 0.0823. The maximum absolute atomic E-state index is 12.0. The molecule has 0 aromatic carbocycles. The number of hydrogen-bond acceptors (Lipinski definition) is 7. The molecule has 1 aromatic rings. The number of carbonyl (C=O) groups excluding carboxylic acids is 2. The van der Waals surface area contributed by atoms with Crippen LogP contribution in [0, 0.1) is 0 Å². The molecule has 0 aliphatic carbocycles. The van der Waals surface area contributed by atoms with Crippen molar-refractivity contribution in [2.24, 2.45) is 0 Å². The highest BCUT2D eigenvalue weighted by atomic mass is 16.5. The van der Waals surface area contributed by atoms with E-state index in [9.17, 15) is 14.4 Å². The van der Waals surface area contributed by atoms with Crippen LogP contribution < -0.4 is 11.3 Å². The minimum Gasteiger partial charge on any atom is -0.467 e. The Bertz CT molecular complexity index is 594. The molecule has 0 spiro atoms. The first-order valence-electron chi connectivity index (χ1n) is 5.57. The smallest absolute Gasteiger partial charge is 0.329 e. The molecule has 0 amide bonds. The maximum atomic E-state index is 12.0. The lowest BCUT2D eigenvalue weighted by Crippen LogP contribution is -2.30. The third-order valence-corrected chi connectivity index (χ3v) is 2.87. The summed E-state index contributed by atoms with van der Waals surface area (Å²) in [6.45, 7) is 1.24. The van der Waals surface area contributed by atoms with Crippen molar-refractivity contribution in [2.45, 2.75) is 25.5 Å². The van der Waals surface area contributed by atoms with Crippen LogP contribution >= 0.6 is 0 Å². The molecule has 19 heavy (non-hydrogen) atoms. The number of hydrogen-bond donors (Lipinski definition) is 1. The van der Waals surface area contributed by atoms with Gasteiger partial charge < -0.3 is 15.2 Å². The summed E-state index contributed by atoms with van der Waals surface area (Å²) < 4.78 is 10.8. The van der Waals surface area contributed by atoms with E-state index in [0.717, 1.165) is 4.57 Å². The molecular weight excluding hydrogens is 254 g/mol. The quantitative estimate of drug-likeness (QED) is 0.721. The Morgan fingerprint density at radius 2 is 2.21 bits per heavy atom. The van der Waals surface area contributed by atoms with Gasteiger partial charge in [0, 0.05) is 13.3 Å². The van der Waals surface area contributed by atoms with E-state index in [0.29, 0.717) is 0 Å². The van der Waals surface area contributed by atoms with Gasteiger partial charge in [-0.25, -0.2) is 9.78 Å². The molecular formula is C11H13N3O5. The fourth-order valence-corrected chi connectivity index (χ4v) is 2.09. The molecule has 2 rings (SSSR count). The number of nitrogens with two attached hydrogens (primary N) is 1. The van der Waals surface area contributed by atoms with E-state index in [1.807, 2.05) is 0 Å². The number of carbonyl (C=O) groups is 2. The summed E-state index contributed by atoms with van der Waals surface area (Å²) in [5.74, 6) is -0.927. The average Bonchev–Trinajstić information content (AvgIpc) is 2.71. The van der Waals surface area contributed by atoms with Gasteiger partial charge in [-0.2, -0.15) is 0 Å². The van der Waals surface area contributed by atoms with Crippen LogP contribution in [0.4, 0.5) is 5.69 Å². The predicted molar refractivity (Wildman–Crippen MR) is 63.1 cm³/mol. The molecule has 8 heteroatoms. The normalized spacial score (nSPS) is 20.7. The van der Waals surface area contributed by atoms with Gasteiger partial charge in [0.25, 0.3) is 5.56 Å². The van der Waals surface area contributed by atoms with Crippen LogP contribution in [0.25, 0.3) is 0 Å². The summed E-state index contributed by atoms with van der Waals surface area (Å²) in [5, 5.41) is 0. The van der Waals surface area contributed by atoms with Crippen molar-refractivity contribution < 1.29 is 19.1 Å². The predicted octanol–water partition coefficient (Wildman–Crippen LogP) is -0.453. The second-order valence-corrected chi connectivity index (χ2v) is 4.12. The summed E-state index contributed by atoms with van der Waals surface area (Å²) in [5.41, 5.74) is 4.86. The van der Waals surface area contributed by atoms with Crippen LogP contribution in [0.5, 0.6) is 0 Å². The molecule has 0 bridgehead atoms. The van der Waals surface area contributed by atoms with E-state index in [2.05, 4.69) is 9.72 Å². The molecule has 0 saturated carbocycles. The van der Waals surface area contributed by atoms with Crippen LogP contribution in [-0.4, -0.2) is 28.6 Å². The second-order valence-electron chi connectivity index (χ2n) is 4.12. The zero-order chi connectivity index (χ0) is 14.2. The Balaban J connectivity index is 2.52. The van der Waals surface area contributed by atoms with Gasteiger partial charge in [0.1, 0.15) is 11.7 Å². The first kappa shape index (κ1) is 13.1. The summed E-state index contributed by atoms with van der Waals surface area (Å²) in [6.07, 6.45) is 0.539. The molecule has 8 nitrogen and oxygen atoms in total. The first-order valence-corrected chi connectivity index (χ1v) is 5.57. The van der Waals surface area contributed by atoms with Crippen molar-refractivity contribution in [3.63, 3.8) is 0 Å². The van der Waals surface area contributed by atoms with Crippen molar-refractivity contribution in [3.05, 3.63) is 22.4 Å². The molecule has 2 N–H and O–H groups in total. The summed E-state index contributed by atoms with van der Waals surface area (Å²) in [6, 6.07) is -0.882. The lowest BCUT2D eigenvalue weighted by Gasteiger charge is -2.10. The number of nitrogens with zero attached hydrogens (tertiary/aromatic N) is 2. The number of fused-ring (bicyclic) bond motifs is 1. The molecule has 0 saturated heterocycles. The van der Waals surface area contributed by atoms with Crippen LogP contribution in [0.2, 0.25) is 0 Å². The summed E-state index contributed by atoms with van der Waals surface area (Å²) in [7, 11) is 1.21. The van der Waals surface area contributed by atoms with Gasteiger partial charge in [-0.15, -0.1) is 0 Å². The van der Waals surface area contributed by atoms with Gasteiger partial charge in [-0.3, -0.25) is 14.2 Å². The molecule has 0 radical (unpaired) electrons. The second kappa shape index (κ2) is 4.71. The van der Waals surface area contributed by atoms with E-state index in [1.165, 1.54) is 20.2 Å². The van der Waals surface area contributed by atoms with Gasteiger partial charge in [0.05, 0.1) is 13.3 Å². The Morgan fingerprint density at radius 1 is 1.53 bits per heavy atom. The fourth-order valence-electron chi connectivity index (χ4n) is 2.09. The molecule has 2 atom stereocenters. The Labute approximate surface area is 108 Å². The SMILES string of the molecule is COC(=O)[C@@H]1CC(OC(C)=O)c2ncc(N)c(=O)n21. The lowest BCUT2D eigenvalue weighted by atomic mass is 10.2. The Kier molecular flexibility index (Phi) is 3.24. The largest absolute Gasteiger partial charge is 0.467 e. The third-order valence-electron chi connectivity index (χ3n) is 2.87. The van der Waals surface area contributed by atoms with E-state index in [4.69, 9.17) is 10.5 Å². The lowest BCUT2D eigenvalue weighted by molar-refractivity contribution is -0.150. The number of anilines is 1. The molecule has 1 unspecified atom stereocenters. The van der Waals surface area contributed by atoms with Crippen molar-refractivity contribution in [3.8, 4) is 0 Å². The first-order chi connectivity index (χ1) is 8.95. The highest BCUT2D eigenvalue weighted by Crippen LogP contribution is 2.35. The Morgan fingerprint density at radius 3 is 2.79 bits per heavy atom. The van der Waals surface area contributed by atoms with Gasteiger partial charge in [0.2, 0.25) is 0 Å². The van der Waals surface area contributed by atoms with E-state index in [1.54, 1.807) is 0 Å². The topological polar surface area (TPSA) is 114 Å². The van der Waals surface area contributed by atoms with Crippen LogP contribution in [0.3, 0.4) is 0 Å². The fraction of sp³-hybridized carbons (Fsp3) is 0.455. The standard InChI is InChI=1S/C11H13N3O5/c1-5(15)19-8-3-7(11(17)18-2)14-9(8)13-4-6(12)10(14)16/h4,7-8H,3,12H2,1-2H3/t7-,8?/m0/s1. The van der Waals surface area contributed by atoms with E-state index >= 15 is 0 Å². The molecule has 1 aliphatic heterocycles. The van der Waals surface area contributed by atoms with Gasteiger partial charge in [-0.1, -0.05) is 0 Å². The minimum atomic E-state index is -0.882. The number of rotatable bonds is 2. The summed E-state index contributed by atoms with van der Waals surface area (Å²) >= 11 is 0. The number of ether oxygens (including phenoxy) is 2. The van der Waals surface area contributed by atoms with Crippen LogP contribution in [0.1, 0.15) is 31.3 Å². The monoisotopic (exact) mass is 267 g/mol. The third kappa shape index (κ3) is 2.16. The van der Waals surface area contributed by atoms with E-state index < -0.39 is 29.6 Å². The Hall–Kier alpha value is -2.38. The zero-order valence-electron chi connectivity index (χ0n) is 10.5. The van der Waals surface area contributed by atoms with Crippen molar-refractivity contribution in [1.82, 2.24) is 9.55 Å². The molecule has 2 heterocycles. The molecule has 1 aliphatic rings. The summed E-state index contributed by atoms with van der Waals surface area (Å²) in [4.78, 5) is 38.7. The van der Waals surface area contributed by atoms with Crippen LogP contribution in [0.15, 0.2) is 11.0 Å². The van der Waals surface area contributed by atoms with Gasteiger partial charge in [0.15, 0.2) is 11.9 Å². The zero-order valence-corrected chi connectivity index (χ0v) is 10.5. The van der Waals surface area contributed by atoms with Crippen molar-refractivity contribution in [1.29, 1.82) is 0 Å². The average molecular weight is 267 g/mol. The van der Waals surface area contributed by atoms with Crippen molar-refractivity contribution in [2.75, 3.05) is 12.8 Å². The number of esters is 2. The van der Waals surface area contributed by atoms with Gasteiger partial charge >= 0.3 is 11.9 Å². The maximum Gasteiger partial charge on any atom is 0.329 e. The van der Waals surface area contributed by atoms with Gasteiger partial charge in [-0.05, 0) is 0 Å². The number of nitrogen functional groups attached to an aromatic ring is 1. The number of aromatic nitrogens is 2. The molecule has 102 valence electrons. The highest BCUT2D eigenvalue weighted by Gasteiger charge is 2.40.